The highest BCUT2D eigenvalue weighted by Crippen LogP contribution is 2.49. The average Bonchev–Trinajstić information content (AvgIpc) is 3.72. The minimum Gasteiger partial charge on any atom is -0.458 e. The molecule has 5 rings (SSSR count). The van der Waals surface area contributed by atoms with Crippen molar-refractivity contribution in [1.82, 2.24) is 24.4 Å². The van der Waals surface area contributed by atoms with Gasteiger partial charge in [-0.15, -0.1) is 11.8 Å². The van der Waals surface area contributed by atoms with Crippen molar-refractivity contribution in [3.63, 3.8) is 0 Å². The number of hydrogen-bond acceptors (Lipinski definition) is 16. The zero-order valence-corrected chi connectivity index (χ0v) is 36.7. The molecule has 0 radical (unpaired) electrons. The Morgan fingerprint density at radius 1 is 1.02 bits per heavy atom. The molecule has 0 aromatic carbocycles. The number of carbonyl (C=O) groups excluding carboxylic acids is 4. The van der Waals surface area contributed by atoms with Crippen molar-refractivity contribution >= 4 is 52.2 Å². The third-order valence-corrected chi connectivity index (χ3v) is 14.2. The van der Waals surface area contributed by atoms with Crippen LogP contribution in [-0.2, 0) is 49.4 Å². The van der Waals surface area contributed by atoms with Gasteiger partial charge in [0.1, 0.15) is 41.0 Å². The van der Waals surface area contributed by atoms with Crippen molar-refractivity contribution < 1.29 is 48.0 Å². The van der Waals surface area contributed by atoms with Crippen molar-refractivity contribution in [2.24, 2.45) is 29.6 Å². The molecule has 0 saturated carbocycles. The van der Waals surface area contributed by atoms with E-state index in [4.69, 9.17) is 29.4 Å². The minimum atomic E-state index is -1.36. The molecule has 0 unspecified atom stereocenters. The molecule has 3 N–H and O–H groups in total. The second-order valence-corrected chi connectivity index (χ2v) is 18.4. The van der Waals surface area contributed by atoms with Gasteiger partial charge in [0.05, 0.1) is 24.1 Å². The molecule has 2 aromatic rings. The summed E-state index contributed by atoms with van der Waals surface area (Å²) in [5.74, 6) is -5.09. The van der Waals surface area contributed by atoms with E-state index in [2.05, 4.69) is 15.0 Å². The molecule has 5 heterocycles. The van der Waals surface area contributed by atoms with Crippen LogP contribution in [0.2, 0.25) is 0 Å². The Morgan fingerprint density at radius 3 is 2.38 bits per heavy atom. The number of anilines is 1. The van der Waals surface area contributed by atoms with Gasteiger partial charge >= 0.3 is 11.9 Å². The summed E-state index contributed by atoms with van der Waals surface area (Å²) in [6.07, 6.45) is 1.16. The Bertz CT molecular complexity index is 1800. The van der Waals surface area contributed by atoms with E-state index in [1.807, 2.05) is 51.3 Å². The molecule has 0 amide bonds. The molecule has 16 nitrogen and oxygen atoms in total. The van der Waals surface area contributed by atoms with Gasteiger partial charge < -0.3 is 44.0 Å². The number of nitrogen functional groups attached to an aromatic ring is 1. The summed E-state index contributed by atoms with van der Waals surface area (Å²) in [4.78, 5) is 71.5. The number of likely N-dealkylation sites (N-methyl/N-ethyl adjacent to an activating group) is 1. The largest absolute Gasteiger partial charge is 0.458 e. The number of aryl methyl sites for hydroxylation is 1. The van der Waals surface area contributed by atoms with Gasteiger partial charge in [-0.05, 0) is 79.6 Å². The summed E-state index contributed by atoms with van der Waals surface area (Å²) >= 11 is 1.43. The normalized spacial score (nSPS) is 38.1. The Labute approximate surface area is 346 Å². The maximum atomic E-state index is 14.7. The number of cyclic esters (lactones) is 1. The zero-order valence-electron chi connectivity index (χ0n) is 35.9. The molecule has 3 saturated heterocycles. The second-order valence-electron chi connectivity index (χ2n) is 17.2. The van der Waals surface area contributed by atoms with Crippen molar-refractivity contribution in [2.75, 3.05) is 32.7 Å². The predicted molar refractivity (Wildman–Crippen MR) is 217 cm³/mol. The van der Waals surface area contributed by atoms with Gasteiger partial charge in [-0.3, -0.25) is 19.2 Å². The number of carbonyl (C=O) groups is 4. The van der Waals surface area contributed by atoms with Crippen molar-refractivity contribution in [3.8, 4) is 0 Å². The maximum Gasteiger partial charge on any atom is 0.320 e. The van der Waals surface area contributed by atoms with Crippen molar-refractivity contribution in [3.05, 3.63) is 12.7 Å². The predicted octanol–water partition coefficient (Wildman–Crippen LogP) is 3.85. The maximum absolute atomic E-state index is 14.7. The fraction of sp³-hybridized carbons (Fsp3) is 0.780. The minimum absolute atomic E-state index is 0.128. The summed E-state index contributed by atoms with van der Waals surface area (Å²) in [7, 11) is 5.24. The van der Waals surface area contributed by atoms with Crippen LogP contribution in [0.3, 0.4) is 0 Å². The van der Waals surface area contributed by atoms with E-state index in [-0.39, 0.29) is 30.8 Å². The first-order chi connectivity index (χ1) is 27.3. The van der Waals surface area contributed by atoms with Crippen LogP contribution < -0.4 is 5.73 Å². The standard InChI is InChI=1S/C41H64N6O10S/c1-12-27-41(8)28(33(38(52)57-41)58-16-14-13-15-47-20-45-29-35(42)43-19-44-36(29)47)23(4)30(48)21(2)18-40(7,53-11)34(24(5)31(49)25(6)37(51)55-27)56-39-32(50)26(46(9)10)17-22(3)54-39/h19-28,32-34,39,50H,12-18H2,1-11H3,(H2,42,43,44)/t21-,22-,23-,24+,25-,26+,27-,28+,32-,33+,34-,39+,40-,41-/m1/s1. The molecular formula is C41H64N6O10S. The molecule has 17 heteroatoms. The molecule has 3 fully saturated rings. The number of hydrogen-bond donors (Lipinski definition) is 2. The number of fused-ring (bicyclic) bond motifs is 2. The number of aliphatic hydroxyl groups excluding tert-OH is 1. The van der Waals surface area contributed by atoms with Crippen LogP contribution in [-0.4, -0.2) is 133 Å². The lowest BCUT2D eigenvalue weighted by Gasteiger charge is -2.47. The van der Waals surface area contributed by atoms with Gasteiger partial charge in [0.25, 0.3) is 0 Å². The molecular weight excluding hydrogens is 769 g/mol. The summed E-state index contributed by atoms with van der Waals surface area (Å²) in [6, 6.07) is -0.281. The number of methoxy groups -OCH3 is 1. The highest BCUT2D eigenvalue weighted by Gasteiger charge is 2.61. The number of Topliss-reactive ketones (excluding diaryl/α,β-unsaturated/α-hetero) is 2. The van der Waals surface area contributed by atoms with E-state index < -0.39 is 88.4 Å². The van der Waals surface area contributed by atoms with Gasteiger partial charge in [0, 0.05) is 43.4 Å². The lowest BCUT2D eigenvalue weighted by atomic mass is 9.70. The molecule has 0 spiro atoms. The first-order valence-corrected chi connectivity index (χ1v) is 21.6. The second kappa shape index (κ2) is 18.6. The lowest BCUT2D eigenvalue weighted by molar-refractivity contribution is -0.295. The number of aromatic nitrogens is 4. The monoisotopic (exact) mass is 832 g/mol. The number of nitrogens with two attached hydrogens (primary N) is 1. The quantitative estimate of drug-likeness (QED) is 0.187. The lowest BCUT2D eigenvalue weighted by Crippen LogP contribution is -2.59. The average molecular weight is 833 g/mol. The fourth-order valence-electron chi connectivity index (χ4n) is 9.41. The summed E-state index contributed by atoms with van der Waals surface area (Å²) in [6.45, 7) is 14.7. The van der Waals surface area contributed by atoms with E-state index in [0.29, 0.717) is 35.7 Å². The molecule has 58 heavy (non-hydrogen) atoms. The number of rotatable bonds is 11. The van der Waals surface area contributed by atoms with Crippen LogP contribution in [0.1, 0.15) is 87.5 Å². The Kier molecular flexibility index (Phi) is 14.7. The van der Waals surface area contributed by atoms with Crippen LogP contribution in [0.5, 0.6) is 0 Å². The molecule has 3 aliphatic heterocycles. The number of thioether (sulfide) groups is 1. The first-order valence-electron chi connectivity index (χ1n) is 20.5. The Hall–Kier alpha value is -3.22. The molecule has 14 atom stereocenters. The number of ketones is 2. The number of aliphatic hydroxyl groups is 1. The van der Waals surface area contributed by atoms with E-state index in [1.165, 1.54) is 32.1 Å². The van der Waals surface area contributed by atoms with E-state index in [9.17, 15) is 24.3 Å². The molecule has 0 bridgehead atoms. The van der Waals surface area contributed by atoms with Crippen LogP contribution >= 0.6 is 11.8 Å². The highest BCUT2D eigenvalue weighted by atomic mass is 32.2. The molecule has 2 aromatic heterocycles. The fourth-order valence-corrected chi connectivity index (χ4v) is 10.9. The zero-order chi connectivity index (χ0) is 42.9. The van der Waals surface area contributed by atoms with E-state index >= 15 is 0 Å². The Morgan fingerprint density at radius 2 is 1.72 bits per heavy atom. The summed E-state index contributed by atoms with van der Waals surface area (Å²) < 4.78 is 33.2. The molecule has 3 aliphatic rings. The molecule has 0 aliphatic carbocycles. The van der Waals surface area contributed by atoms with E-state index in [1.54, 1.807) is 27.1 Å². The highest BCUT2D eigenvalue weighted by molar-refractivity contribution is 8.00. The summed E-state index contributed by atoms with van der Waals surface area (Å²) in [5.41, 5.74) is 4.53. The third-order valence-electron chi connectivity index (χ3n) is 12.8. The number of ether oxygens (including phenoxy) is 5. The van der Waals surface area contributed by atoms with Crippen molar-refractivity contribution in [1.29, 1.82) is 0 Å². The third kappa shape index (κ3) is 9.09. The SMILES string of the molecule is CC[C@H]1OC(=O)[C@H](C)C(=O)[C@H](C)[C@@H](O[C@@H]2O[C@H](C)C[C@H](N(C)C)[C@H]2O)[C@](C)(OC)C[C@@H](C)C(=O)[C@H](C)[C@H]2[C@H](SCCCCn3cnc4c(N)ncnc43)C(=O)O[C@@]21C. The topological polar surface area (TPSA) is 208 Å². The van der Waals surface area contributed by atoms with Crippen molar-refractivity contribution in [2.45, 2.75) is 147 Å². The first kappa shape index (κ1) is 45.9. The van der Waals surface area contributed by atoms with E-state index in [0.717, 1.165) is 12.8 Å². The van der Waals surface area contributed by atoms with Crippen LogP contribution in [0.25, 0.3) is 11.2 Å². The number of imidazole rings is 1. The van der Waals surface area contributed by atoms with Gasteiger partial charge in [0.2, 0.25) is 0 Å². The number of unbranched alkanes of at least 4 members (excludes halogenated alkanes) is 1. The van der Waals surface area contributed by atoms with Gasteiger partial charge in [-0.2, -0.15) is 0 Å². The number of esters is 2. The smallest absolute Gasteiger partial charge is 0.320 e. The number of nitrogens with zero attached hydrogens (tertiary/aromatic N) is 5. The molecule has 324 valence electrons. The Balaban J connectivity index is 1.43. The summed E-state index contributed by atoms with van der Waals surface area (Å²) in [5, 5.41) is 10.7. The van der Waals surface area contributed by atoms with Gasteiger partial charge in [-0.25, -0.2) is 15.0 Å². The van der Waals surface area contributed by atoms with Crippen LogP contribution in [0.15, 0.2) is 12.7 Å². The van der Waals surface area contributed by atoms with Crippen LogP contribution in [0, 0.1) is 29.6 Å². The van der Waals surface area contributed by atoms with Gasteiger partial charge in [0.15, 0.2) is 29.1 Å². The van der Waals surface area contributed by atoms with Gasteiger partial charge in [-0.1, -0.05) is 27.7 Å². The van der Waals surface area contributed by atoms with Crippen LogP contribution in [0.4, 0.5) is 5.82 Å².